The van der Waals surface area contributed by atoms with Gasteiger partial charge in [0.05, 0.1) is 16.1 Å². The standard InChI is InChI=1S/C19H15NO4S/c21-19(22)16-6-8-18-15(11-16)9-10-20(18)25(23,24)17-7-5-13-3-1-2-4-14(13)12-17/h1-8,11-12H,9-10H2,(H,21,22). The summed E-state index contributed by atoms with van der Waals surface area (Å²) in [5, 5.41) is 10.9. The number of rotatable bonds is 3. The molecular weight excluding hydrogens is 338 g/mol. The molecular formula is C19H15NO4S. The summed E-state index contributed by atoms with van der Waals surface area (Å²) in [6.45, 7) is 0.313. The molecule has 0 atom stereocenters. The first-order valence-corrected chi connectivity index (χ1v) is 9.28. The molecule has 0 saturated heterocycles. The van der Waals surface area contributed by atoms with Crippen molar-refractivity contribution in [1.82, 2.24) is 0 Å². The first-order chi connectivity index (χ1) is 12.0. The van der Waals surface area contributed by atoms with E-state index in [0.717, 1.165) is 16.3 Å². The number of fused-ring (bicyclic) bond motifs is 2. The Kier molecular flexibility index (Phi) is 3.51. The molecule has 1 aliphatic heterocycles. The molecule has 0 radical (unpaired) electrons. The van der Waals surface area contributed by atoms with Crippen molar-refractivity contribution in [3.63, 3.8) is 0 Å². The van der Waals surface area contributed by atoms with Gasteiger partial charge in [-0.1, -0.05) is 30.3 Å². The smallest absolute Gasteiger partial charge is 0.335 e. The number of carboxylic acids is 1. The summed E-state index contributed by atoms with van der Waals surface area (Å²) in [6.07, 6.45) is 0.503. The Morgan fingerprint density at radius 3 is 2.48 bits per heavy atom. The van der Waals surface area contributed by atoms with E-state index in [4.69, 9.17) is 5.11 Å². The molecule has 0 fully saturated rings. The van der Waals surface area contributed by atoms with Crippen LogP contribution < -0.4 is 4.31 Å². The predicted octanol–water partition coefficient (Wildman–Crippen LogP) is 3.29. The van der Waals surface area contributed by atoms with Crippen molar-refractivity contribution in [3.05, 3.63) is 71.8 Å². The summed E-state index contributed by atoms with van der Waals surface area (Å²) in [7, 11) is -3.69. The summed E-state index contributed by atoms with van der Waals surface area (Å²) < 4.78 is 27.5. The Balaban J connectivity index is 1.78. The molecule has 25 heavy (non-hydrogen) atoms. The highest BCUT2D eigenvalue weighted by atomic mass is 32.2. The number of carbonyl (C=O) groups is 1. The number of anilines is 1. The van der Waals surface area contributed by atoms with Crippen molar-refractivity contribution in [1.29, 1.82) is 0 Å². The maximum atomic E-state index is 13.1. The molecule has 0 saturated carbocycles. The highest BCUT2D eigenvalue weighted by molar-refractivity contribution is 7.92. The first-order valence-electron chi connectivity index (χ1n) is 7.84. The van der Waals surface area contributed by atoms with Crippen molar-refractivity contribution in [2.24, 2.45) is 0 Å². The highest BCUT2D eigenvalue weighted by Gasteiger charge is 2.31. The van der Waals surface area contributed by atoms with Gasteiger partial charge in [0.2, 0.25) is 0 Å². The SMILES string of the molecule is O=C(O)c1ccc2c(c1)CCN2S(=O)(=O)c1ccc2ccccc2c1. The van der Waals surface area contributed by atoms with E-state index in [1.807, 2.05) is 24.3 Å². The molecule has 4 rings (SSSR count). The fourth-order valence-corrected chi connectivity index (χ4v) is 4.75. The van der Waals surface area contributed by atoms with Crippen LogP contribution in [0, 0.1) is 0 Å². The van der Waals surface area contributed by atoms with Gasteiger partial charge < -0.3 is 5.11 Å². The maximum absolute atomic E-state index is 13.1. The van der Waals surface area contributed by atoms with E-state index in [1.54, 1.807) is 30.3 Å². The number of carboxylic acid groups (broad SMARTS) is 1. The lowest BCUT2D eigenvalue weighted by Crippen LogP contribution is -2.29. The second-order valence-corrected chi connectivity index (χ2v) is 7.85. The summed E-state index contributed by atoms with van der Waals surface area (Å²) in [5.41, 5.74) is 1.46. The Morgan fingerprint density at radius 1 is 0.960 bits per heavy atom. The van der Waals surface area contributed by atoms with Gasteiger partial charge in [0, 0.05) is 6.54 Å². The zero-order chi connectivity index (χ0) is 17.6. The molecule has 1 heterocycles. The summed E-state index contributed by atoms with van der Waals surface area (Å²) in [5.74, 6) is -1.02. The van der Waals surface area contributed by atoms with Crippen LogP contribution >= 0.6 is 0 Å². The quantitative estimate of drug-likeness (QED) is 0.784. The van der Waals surface area contributed by atoms with Gasteiger partial charge in [-0.15, -0.1) is 0 Å². The summed E-state index contributed by atoms with van der Waals surface area (Å²) >= 11 is 0. The second-order valence-electron chi connectivity index (χ2n) is 5.98. The van der Waals surface area contributed by atoms with Gasteiger partial charge in [-0.25, -0.2) is 13.2 Å². The lowest BCUT2D eigenvalue weighted by atomic mass is 10.1. The molecule has 5 nitrogen and oxygen atoms in total. The fraction of sp³-hybridized carbons (Fsp3) is 0.105. The molecule has 3 aromatic rings. The van der Waals surface area contributed by atoms with Crippen molar-refractivity contribution < 1.29 is 18.3 Å². The Hall–Kier alpha value is -2.86. The van der Waals surface area contributed by atoms with Crippen molar-refractivity contribution in [2.45, 2.75) is 11.3 Å². The molecule has 126 valence electrons. The maximum Gasteiger partial charge on any atom is 0.335 e. The van der Waals surface area contributed by atoms with Crippen molar-refractivity contribution in [2.75, 3.05) is 10.8 Å². The van der Waals surface area contributed by atoms with Gasteiger partial charge in [-0.2, -0.15) is 0 Å². The lowest BCUT2D eigenvalue weighted by molar-refractivity contribution is 0.0697. The third kappa shape index (κ3) is 2.55. The first kappa shape index (κ1) is 15.7. The minimum absolute atomic E-state index is 0.170. The summed E-state index contributed by atoms with van der Waals surface area (Å²) in [6, 6.07) is 17.2. The van der Waals surface area contributed by atoms with Crippen LogP contribution in [0.3, 0.4) is 0 Å². The van der Waals surface area contributed by atoms with Crippen LogP contribution in [0.5, 0.6) is 0 Å². The topological polar surface area (TPSA) is 74.7 Å². The summed E-state index contributed by atoms with van der Waals surface area (Å²) in [4.78, 5) is 11.3. The van der Waals surface area contributed by atoms with Crippen LogP contribution in [0.2, 0.25) is 0 Å². The second kappa shape index (κ2) is 5.60. The molecule has 0 unspecified atom stereocenters. The van der Waals surface area contributed by atoms with Crippen LogP contribution in [0.4, 0.5) is 5.69 Å². The molecule has 1 N–H and O–H groups in total. The predicted molar refractivity (Wildman–Crippen MR) is 95.6 cm³/mol. The van der Waals surface area contributed by atoms with Gasteiger partial charge in [0.25, 0.3) is 10.0 Å². The Bertz CT molecular complexity index is 1110. The van der Waals surface area contributed by atoms with E-state index in [1.165, 1.54) is 10.4 Å². The van der Waals surface area contributed by atoms with Gasteiger partial charge in [0.15, 0.2) is 0 Å². The number of nitrogens with zero attached hydrogens (tertiary/aromatic N) is 1. The van der Waals surface area contributed by atoms with E-state index in [0.29, 0.717) is 18.7 Å². The average Bonchev–Trinajstić information content (AvgIpc) is 3.05. The van der Waals surface area contributed by atoms with Gasteiger partial charge >= 0.3 is 5.97 Å². The average molecular weight is 353 g/mol. The normalized spacial score (nSPS) is 13.8. The molecule has 0 aliphatic carbocycles. The van der Waals surface area contributed by atoms with Crippen molar-refractivity contribution >= 4 is 32.5 Å². The van der Waals surface area contributed by atoms with Crippen molar-refractivity contribution in [3.8, 4) is 0 Å². The van der Waals surface area contributed by atoms with E-state index < -0.39 is 16.0 Å². The minimum atomic E-state index is -3.69. The molecule has 0 aromatic heterocycles. The third-order valence-electron chi connectivity index (χ3n) is 4.49. The minimum Gasteiger partial charge on any atom is -0.478 e. The Labute approximate surface area is 145 Å². The number of benzene rings is 3. The molecule has 0 bridgehead atoms. The number of aromatic carboxylic acids is 1. The van der Waals surface area contributed by atoms with Gasteiger partial charge in [-0.3, -0.25) is 4.31 Å². The molecule has 1 aliphatic rings. The van der Waals surface area contributed by atoms with Gasteiger partial charge in [-0.05, 0) is 53.1 Å². The molecule has 0 spiro atoms. The number of sulfonamides is 1. The van der Waals surface area contributed by atoms with Crippen LogP contribution in [0.1, 0.15) is 15.9 Å². The molecule has 0 amide bonds. The van der Waals surface area contributed by atoms with E-state index in [2.05, 4.69) is 0 Å². The van der Waals surface area contributed by atoms with Gasteiger partial charge in [0.1, 0.15) is 0 Å². The fourth-order valence-electron chi connectivity index (χ4n) is 3.21. The van der Waals surface area contributed by atoms with E-state index in [9.17, 15) is 13.2 Å². The van der Waals surface area contributed by atoms with Crippen LogP contribution in [0.25, 0.3) is 10.8 Å². The lowest BCUT2D eigenvalue weighted by Gasteiger charge is -2.20. The third-order valence-corrected chi connectivity index (χ3v) is 6.30. The van der Waals surface area contributed by atoms with E-state index in [-0.39, 0.29) is 10.5 Å². The highest BCUT2D eigenvalue weighted by Crippen LogP contribution is 2.34. The Morgan fingerprint density at radius 2 is 1.72 bits per heavy atom. The zero-order valence-electron chi connectivity index (χ0n) is 13.2. The number of hydrogen-bond acceptors (Lipinski definition) is 3. The molecule has 3 aromatic carbocycles. The zero-order valence-corrected chi connectivity index (χ0v) is 14.0. The largest absolute Gasteiger partial charge is 0.478 e. The van der Waals surface area contributed by atoms with Crippen LogP contribution in [-0.4, -0.2) is 26.0 Å². The monoisotopic (exact) mass is 353 g/mol. The van der Waals surface area contributed by atoms with Crippen LogP contribution in [0.15, 0.2) is 65.6 Å². The number of hydrogen-bond donors (Lipinski definition) is 1. The van der Waals surface area contributed by atoms with E-state index >= 15 is 0 Å². The molecule has 6 heteroatoms. The van der Waals surface area contributed by atoms with Crippen LogP contribution in [-0.2, 0) is 16.4 Å².